The van der Waals surface area contributed by atoms with E-state index in [1.54, 1.807) is 0 Å². The largest absolute Gasteiger partial charge is 0.389 e. The van der Waals surface area contributed by atoms with Crippen molar-refractivity contribution in [1.82, 2.24) is 4.90 Å². The van der Waals surface area contributed by atoms with Crippen LogP contribution in [0.25, 0.3) is 0 Å². The number of hydrogen-bond donors (Lipinski definition) is 1. The Morgan fingerprint density at radius 2 is 2.05 bits per heavy atom. The maximum Gasteiger partial charge on any atom is 0.105 e. The molecule has 0 aromatic heterocycles. The average Bonchev–Trinajstić information content (AvgIpc) is 2.97. The first-order valence-electron chi connectivity index (χ1n) is 7.31. The van der Waals surface area contributed by atoms with Gasteiger partial charge in [0.05, 0.1) is 18.2 Å². The Balaban J connectivity index is 1.68. The smallest absolute Gasteiger partial charge is 0.105 e. The van der Waals surface area contributed by atoms with Gasteiger partial charge in [0, 0.05) is 43.5 Å². The monoisotopic (exact) mass is 325 g/mol. The first-order valence-corrected chi connectivity index (χ1v) is 8.10. The van der Waals surface area contributed by atoms with Crippen LogP contribution in [0.1, 0.15) is 12.0 Å². The molecule has 1 unspecified atom stereocenters. The zero-order chi connectivity index (χ0) is 14.8. The molecule has 2 N–H and O–H groups in total. The van der Waals surface area contributed by atoms with Crippen molar-refractivity contribution in [3.05, 3.63) is 28.8 Å². The number of morpholine rings is 1. The molecular weight excluding hydrogens is 306 g/mol. The molecule has 0 radical (unpaired) electrons. The number of anilines is 1. The quantitative estimate of drug-likeness (QED) is 0.860. The fourth-order valence-electron chi connectivity index (χ4n) is 3.12. The van der Waals surface area contributed by atoms with Crippen LogP contribution in [0, 0.1) is 0 Å². The second-order valence-corrected chi connectivity index (χ2v) is 6.41. The van der Waals surface area contributed by atoms with Gasteiger partial charge in [-0.25, -0.2) is 0 Å². The van der Waals surface area contributed by atoms with Gasteiger partial charge in [0.2, 0.25) is 0 Å². The topological polar surface area (TPSA) is 41.7 Å². The van der Waals surface area contributed by atoms with E-state index < -0.39 is 0 Å². The van der Waals surface area contributed by atoms with Gasteiger partial charge >= 0.3 is 0 Å². The van der Waals surface area contributed by atoms with E-state index in [0.29, 0.717) is 16.1 Å². The van der Waals surface area contributed by atoms with Gasteiger partial charge in [-0.2, -0.15) is 0 Å². The number of thiocarbonyl (C=S) groups is 1. The summed E-state index contributed by atoms with van der Waals surface area (Å²) >= 11 is 11.3. The molecule has 2 aliphatic heterocycles. The minimum atomic E-state index is 0.346. The highest BCUT2D eigenvalue weighted by Crippen LogP contribution is 2.28. The average molecular weight is 326 g/mol. The zero-order valence-corrected chi connectivity index (χ0v) is 13.5. The van der Waals surface area contributed by atoms with E-state index in [1.165, 1.54) is 6.42 Å². The van der Waals surface area contributed by atoms with Gasteiger partial charge in [-0.05, 0) is 24.6 Å². The highest BCUT2D eigenvalue weighted by atomic mass is 35.5. The summed E-state index contributed by atoms with van der Waals surface area (Å²) in [7, 11) is 0. The van der Waals surface area contributed by atoms with Gasteiger partial charge in [-0.1, -0.05) is 23.8 Å². The number of rotatable bonds is 3. The number of ether oxygens (including phenoxy) is 1. The molecule has 1 aromatic rings. The molecule has 0 aliphatic carbocycles. The van der Waals surface area contributed by atoms with Crippen molar-refractivity contribution in [2.75, 3.05) is 44.3 Å². The van der Waals surface area contributed by atoms with Crippen LogP contribution in [0.3, 0.4) is 0 Å². The highest BCUT2D eigenvalue weighted by molar-refractivity contribution is 7.80. The molecule has 0 spiro atoms. The third kappa shape index (κ3) is 3.31. The molecule has 2 aliphatic rings. The summed E-state index contributed by atoms with van der Waals surface area (Å²) in [6, 6.07) is 6.56. The lowest BCUT2D eigenvalue weighted by Gasteiger charge is -2.32. The molecule has 0 saturated carbocycles. The van der Waals surface area contributed by atoms with E-state index in [0.717, 1.165) is 50.6 Å². The lowest BCUT2D eigenvalue weighted by Crippen LogP contribution is -2.44. The molecule has 2 fully saturated rings. The van der Waals surface area contributed by atoms with Gasteiger partial charge in [0.1, 0.15) is 4.99 Å². The van der Waals surface area contributed by atoms with Crippen molar-refractivity contribution in [3.63, 3.8) is 0 Å². The van der Waals surface area contributed by atoms with Crippen LogP contribution in [0.5, 0.6) is 0 Å². The molecule has 2 heterocycles. The maximum absolute atomic E-state index is 6.27. The van der Waals surface area contributed by atoms with Gasteiger partial charge in [-0.3, -0.25) is 4.90 Å². The summed E-state index contributed by atoms with van der Waals surface area (Å²) in [5.74, 6) is 0. The minimum absolute atomic E-state index is 0.346. The Hall–Kier alpha value is -0.880. The Kier molecular flexibility index (Phi) is 4.64. The fourth-order valence-corrected chi connectivity index (χ4v) is 3.63. The van der Waals surface area contributed by atoms with Gasteiger partial charge in [0.15, 0.2) is 0 Å². The first-order chi connectivity index (χ1) is 10.1. The van der Waals surface area contributed by atoms with E-state index in [1.807, 2.05) is 12.1 Å². The molecule has 2 saturated heterocycles. The summed E-state index contributed by atoms with van der Waals surface area (Å²) in [5, 5.41) is 0.634. The fraction of sp³-hybridized carbons (Fsp3) is 0.533. The third-order valence-electron chi connectivity index (χ3n) is 4.31. The molecule has 114 valence electrons. The molecule has 6 heteroatoms. The van der Waals surface area contributed by atoms with E-state index in [-0.39, 0.29) is 0 Å². The summed E-state index contributed by atoms with van der Waals surface area (Å²) in [5.41, 5.74) is 7.55. The summed E-state index contributed by atoms with van der Waals surface area (Å²) in [6.07, 6.45) is 1.19. The maximum atomic E-state index is 6.27. The molecule has 1 atom stereocenters. The molecular formula is C15H20ClN3OS. The second-order valence-electron chi connectivity index (χ2n) is 5.57. The molecule has 21 heavy (non-hydrogen) atoms. The van der Waals surface area contributed by atoms with Crippen LogP contribution in [0.4, 0.5) is 5.69 Å². The van der Waals surface area contributed by atoms with Crippen molar-refractivity contribution >= 4 is 34.5 Å². The Labute approximate surface area is 135 Å². The molecule has 0 bridgehead atoms. The minimum Gasteiger partial charge on any atom is -0.389 e. The van der Waals surface area contributed by atoms with Crippen LogP contribution >= 0.6 is 23.8 Å². The van der Waals surface area contributed by atoms with Gasteiger partial charge in [-0.15, -0.1) is 0 Å². The standard InChI is InChI=1S/C15H20ClN3OS/c16-14-9-11(1-2-13(14)15(17)21)19-4-3-12(10-19)18-5-7-20-8-6-18/h1-2,9,12H,3-8,10H2,(H2,17,21). The van der Waals surface area contributed by atoms with E-state index >= 15 is 0 Å². The van der Waals surface area contributed by atoms with Crippen molar-refractivity contribution in [1.29, 1.82) is 0 Å². The number of nitrogens with two attached hydrogens (primary N) is 1. The highest BCUT2D eigenvalue weighted by Gasteiger charge is 2.29. The lowest BCUT2D eigenvalue weighted by atomic mass is 10.2. The van der Waals surface area contributed by atoms with Crippen molar-refractivity contribution in [3.8, 4) is 0 Å². The van der Waals surface area contributed by atoms with Crippen molar-refractivity contribution in [2.45, 2.75) is 12.5 Å². The number of hydrogen-bond acceptors (Lipinski definition) is 4. The number of benzene rings is 1. The van der Waals surface area contributed by atoms with Crippen LogP contribution in [-0.2, 0) is 4.74 Å². The van der Waals surface area contributed by atoms with E-state index in [2.05, 4.69) is 15.9 Å². The van der Waals surface area contributed by atoms with E-state index in [9.17, 15) is 0 Å². The van der Waals surface area contributed by atoms with Crippen molar-refractivity contribution in [2.24, 2.45) is 5.73 Å². The molecule has 1 aromatic carbocycles. The molecule has 4 nitrogen and oxygen atoms in total. The number of halogens is 1. The summed E-state index contributed by atoms with van der Waals surface area (Å²) in [6.45, 7) is 5.89. The van der Waals surface area contributed by atoms with Crippen LogP contribution in [-0.4, -0.2) is 55.3 Å². The second kappa shape index (κ2) is 6.48. The first kappa shape index (κ1) is 15.0. The van der Waals surface area contributed by atoms with E-state index in [4.69, 9.17) is 34.3 Å². The lowest BCUT2D eigenvalue weighted by molar-refractivity contribution is 0.0209. The van der Waals surface area contributed by atoms with Gasteiger partial charge in [0.25, 0.3) is 0 Å². The SMILES string of the molecule is NC(=S)c1ccc(N2CCC(N3CCOCC3)C2)cc1Cl. The van der Waals surface area contributed by atoms with Crippen LogP contribution in [0.2, 0.25) is 5.02 Å². The number of nitrogens with zero attached hydrogens (tertiary/aromatic N) is 2. The summed E-state index contributed by atoms with van der Waals surface area (Å²) < 4.78 is 5.43. The predicted molar refractivity (Wildman–Crippen MR) is 90.3 cm³/mol. The molecule has 0 amide bonds. The normalized spacial score (nSPS) is 23.5. The molecule has 3 rings (SSSR count). The van der Waals surface area contributed by atoms with Crippen LogP contribution < -0.4 is 10.6 Å². The zero-order valence-electron chi connectivity index (χ0n) is 11.9. The predicted octanol–water partition coefficient (Wildman–Crippen LogP) is 1.89. The Morgan fingerprint density at radius 3 is 2.71 bits per heavy atom. The third-order valence-corrected chi connectivity index (χ3v) is 4.84. The Bertz CT molecular complexity index is 534. The van der Waals surface area contributed by atoms with Gasteiger partial charge < -0.3 is 15.4 Å². The Morgan fingerprint density at radius 1 is 1.29 bits per heavy atom. The van der Waals surface area contributed by atoms with Crippen LogP contribution in [0.15, 0.2) is 18.2 Å². The summed E-state index contributed by atoms with van der Waals surface area (Å²) in [4.78, 5) is 5.27. The van der Waals surface area contributed by atoms with Crippen molar-refractivity contribution < 1.29 is 4.74 Å².